The number of nitrogens with one attached hydrogen (secondary N) is 1. The Balaban J connectivity index is 2.10. The van der Waals surface area contributed by atoms with Crippen molar-refractivity contribution in [2.75, 3.05) is 5.32 Å². The van der Waals surface area contributed by atoms with Gasteiger partial charge in [0.05, 0.1) is 14.9 Å². The lowest BCUT2D eigenvalue weighted by Crippen LogP contribution is -2.10. The Morgan fingerprint density at radius 2 is 2.06 bits per heavy atom. The van der Waals surface area contributed by atoms with Gasteiger partial charge in [-0.25, -0.2) is 4.98 Å². The minimum Gasteiger partial charge on any atom is -0.344 e. The number of aromatic nitrogens is 1. The van der Waals surface area contributed by atoms with Gasteiger partial charge in [0, 0.05) is 10.8 Å². The molecule has 1 aliphatic rings. The molecular formula is C13H12N2S3. The van der Waals surface area contributed by atoms with Gasteiger partial charge < -0.3 is 5.32 Å². The van der Waals surface area contributed by atoms with E-state index < -0.39 is 0 Å². The number of hydrogen-bond donors (Lipinski definition) is 1. The second-order valence-corrected chi connectivity index (χ2v) is 7.14. The summed E-state index contributed by atoms with van der Waals surface area (Å²) >= 11 is 8.94. The highest BCUT2D eigenvalue weighted by atomic mass is 32.2. The number of nitrogens with zero attached hydrogens (tertiary/aromatic N) is 1. The van der Waals surface area contributed by atoms with Gasteiger partial charge in [-0.1, -0.05) is 50.0 Å². The smallest absolute Gasteiger partial charge is 0.131 e. The third-order valence-electron chi connectivity index (χ3n) is 2.66. The second kappa shape index (κ2) is 4.64. The Kier molecular flexibility index (Phi) is 3.13. The molecule has 0 aliphatic carbocycles. The summed E-state index contributed by atoms with van der Waals surface area (Å²) in [7, 11) is 0. The van der Waals surface area contributed by atoms with Gasteiger partial charge in [0.25, 0.3) is 0 Å². The predicted octanol–water partition coefficient (Wildman–Crippen LogP) is 4.52. The molecule has 1 aromatic carbocycles. The molecule has 2 aromatic rings. The number of para-hydroxylation sites is 1. The minimum atomic E-state index is 0.445. The predicted molar refractivity (Wildman–Crippen MR) is 82.1 cm³/mol. The molecule has 1 aromatic heterocycles. The Morgan fingerprint density at radius 3 is 2.83 bits per heavy atom. The summed E-state index contributed by atoms with van der Waals surface area (Å²) in [5, 5.41) is 4.43. The van der Waals surface area contributed by atoms with Gasteiger partial charge in [0.2, 0.25) is 0 Å². The van der Waals surface area contributed by atoms with E-state index in [9.17, 15) is 0 Å². The highest BCUT2D eigenvalue weighted by Gasteiger charge is 2.22. The number of rotatable bonds is 1. The molecule has 3 rings (SSSR count). The van der Waals surface area contributed by atoms with Gasteiger partial charge in [-0.15, -0.1) is 11.3 Å². The molecule has 0 radical (unpaired) electrons. The number of anilines is 1. The molecule has 1 N–H and O–H groups in total. The van der Waals surface area contributed by atoms with Crippen LogP contribution in [0, 0.1) is 0 Å². The summed E-state index contributed by atoms with van der Waals surface area (Å²) in [6.45, 7) is 4.32. The fraction of sp³-hybridized carbons (Fsp3) is 0.231. The van der Waals surface area contributed by atoms with Crippen LogP contribution >= 0.6 is 35.3 Å². The molecule has 1 aliphatic heterocycles. The van der Waals surface area contributed by atoms with E-state index in [0.717, 1.165) is 21.4 Å². The van der Waals surface area contributed by atoms with E-state index in [4.69, 9.17) is 12.2 Å². The number of benzene rings is 1. The van der Waals surface area contributed by atoms with Gasteiger partial charge in [-0.2, -0.15) is 0 Å². The zero-order valence-corrected chi connectivity index (χ0v) is 12.5. The molecule has 2 heterocycles. The number of thiazole rings is 1. The first-order valence-electron chi connectivity index (χ1n) is 5.74. The Hall–Kier alpha value is -0.910. The molecule has 0 saturated heterocycles. The van der Waals surface area contributed by atoms with Gasteiger partial charge in [-0.3, -0.25) is 0 Å². The van der Waals surface area contributed by atoms with Crippen molar-refractivity contribution in [2.45, 2.75) is 28.9 Å². The molecule has 92 valence electrons. The molecule has 0 atom stereocenters. The first-order valence-corrected chi connectivity index (χ1v) is 7.78. The lowest BCUT2D eigenvalue weighted by atomic mass is 10.2. The lowest BCUT2D eigenvalue weighted by Gasteiger charge is -2.06. The quantitative estimate of drug-likeness (QED) is 0.781. The van der Waals surface area contributed by atoms with Crippen molar-refractivity contribution in [3.05, 3.63) is 35.0 Å². The Morgan fingerprint density at radius 1 is 1.28 bits per heavy atom. The summed E-state index contributed by atoms with van der Waals surface area (Å²) in [5.74, 6) is 0.445. The maximum atomic E-state index is 5.44. The van der Waals surface area contributed by atoms with Crippen molar-refractivity contribution >= 4 is 46.0 Å². The summed E-state index contributed by atoms with van der Waals surface area (Å²) in [5.41, 5.74) is 2.00. The van der Waals surface area contributed by atoms with Gasteiger partial charge in [0.15, 0.2) is 0 Å². The average Bonchev–Trinajstić information content (AvgIpc) is 2.71. The topological polar surface area (TPSA) is 24.9 Å². The maximum Gasteiger partial charge on any atom is 0.131 e. The normalized spacial score (nSPS) is 13.8. The molecule has 0 fully saturated rings. The van der Waals surface area contributed by atoms with Gasteiger partial charge in [-0.05, 0) is 12.1 Å². The standard InChI is InChI=1S/C13H12N2S3/c1-7(2)12-15-10-11(16)14-8-5-3-4-6-9(8)17-13(10)18-12/h3-7H,1-2H3,(H,14,16). The van der Waals surface area contributed by atoms with Crippen LogP contribution < -0.4 is 5.32 Å². The molecule has 5 heteroatoms. The molecule has 2 nitrogen and oxygen atoms in total. The van der Waals surface area contributed by atoms with Crippen molar-refractivity contribution in [3.8, 4) is 0 Å². The van der Waals surface area contributed by atoms with E-state index in [1.54, 1.807) is 23.1 Å². The number of hydrogen-bond acceptors (Lipinski definition) is 4. The summed E-state index contributed by atoms with van der Waals surface area (Å²) in [4.78, 5) is 6.60. The minimum absolute atomic E-state index is 0.445. The number of fused-ring (bicyclic) bond motifs is 2. The van der Waals surface area contributed by atoms with Crippen LogP contribution in [0.5, 0.6) is 0 Å². The second-order valence-electron chi connectivity index (χ2n) is 4.40. The van der Waals surface area contributed by atoms with E-state index >= 15 is 0 Å². The van der Waals surface area contributed by atoms with E-state index in [0.29, 0.717) is 5.92 Å². The zero-order valence-electron chi connectivity index (χ0n) is 10.1. The Labute approximate surface area is 120 Å². The largest absolute Gasteiger partial charge is 0.344 e. The third kappa shape index (κ3) is 2.06. The molecule has 0 unspecified atom stereocenters. The highest BCUT2D eigenvalue weighted by Crippen LogP contribution is 2.42. The Bertz CT molecular complexity index is 616. The molecule has 0 amide bonds. The van der Waals surface area contributed by atoms with E-state index in [2.05, 4.69) is 36.3 Å². The van der Waals surface area contributed by atoms with Crippen molar-refractivity contribution in [3.63, 3.8) is 0 Å². The summed E-state index contributed by atoms with van der Waals surface area (Å²) < 4.78 is 1.20. The molecule has 0 spiro atoms. The molecule has 18 heavy (non-hydrogen) atoms. The van der Waals surface area contributed by atoms with Gasteiger partial charge >= 0.3 is 0 Å². The maximum absolute atomic E-state index is 5.44. The molecule has 0 bridgehead atoms. The lowest BCUT2D eigenvalue weighted by molar-refractivity contribution is 0.851. The van der Waals surface area contributed by atoms with Crippen molar-refractivity contribution in [2.24, 2.45) is 0 Å². The monoisotopic (exact) mass is 292 g/mol. The van der Waals surface area contributed by atoms with Crippen LogP contribution in [0.4, 0.5) is 5.69 Å². The van der Waals surface area contributed by atoms with Crippen LogP contribution in [0.25, 0.3) is 0 Å². The van der Waals surface area contributed by atoms with Crippen molar-refractivity contribution in [1.29, 1.82) is 0 Å². The van der Waals surface area contributed by atoms with E-state index in [1.807, 2.05) is 12.1 Å². The SMILES string of the molecule is CC(C)c1nc2c(s1)Sc1ccccc1NC2=S. The van der Waals surface area contributed by atoms with Crippen LogP contribution in [0.15, 0.2) is 33.4 Å². The van der Waals surface area contributed by atoms with E-state index in [1.165, 1.54) is 9.10 Å². The summed E-state index contributed by atoms with van der Waals surface area (Å²) in [6.07, 6.45) is 0. The fourth-order valence-corrected chi connectivity index (χ4v) is 4.43. The van der Waals surface area contributed by atoms with Crippen LogP contribution in [0.2, 0.25) is 0 Å². The number of thiocarbonyl (C=S) groups is 1. The third-order valence-corrected chi connectivity index (χ3v) is 5.56. The van der Waals surface area contributed by atoms with Crippen LogP contribution in [0.1, 0.15) is 30.5 Å². The van der Waals surface area contributed by atoms with Crippen LogP contribution in [-0.2, 0) is 0 Å². The first-order chi connectivity index (χ1) is 8.65. The zero-order chi connectivity index (χ0) is 12.7. The highest BCUT2D eigenvalue weighted by molar-refractivity contribution is 8.01. The first kappa shape index (κ1) is 12.1. The van der Waals surface area contributed by atoms with Crippen LogP contribution in [0.3, 0.4) is 0 Å². The summed E-state index contributed by atoms with van der Waals surface area (Å²) in [6, 6.07) is 8.22. The van der Waals surface area contributed by atoms with Crippen molar-refractivity contribution < 1.29 is 0 Å². The van der Waals surface area contributed by atoms with Crippen LogP contribution in [-0.4, -0.2) is 9.97 Å². The van der Waals surface area contributed by atoms with Crippen molar-refractivity contribution in [1.82, 2.24) is 4.98 Å². The fourth-order valence-electron chi connectivity index (χ4n) is 1.72. The van der Waals surface area contributed by atoms with Gasteiger partial charge in [0.1, 0.15) is 10.7 Å². The molecular weight excluding hydrogens is 280 g/mol. The average molecular weight is 292 g/mol. The molecule has 0 saturated carbocycles. The van der Waals surface area contributed by atoms with E-state index in [-0.39, 0.29) is 0 Å².